The SMILES string of the molecule is CSC(=Nc1ccc(-n2ccnn2)cc1)NC#N. The first-order valence-corrected chi connectivity index (χ1v) is 6.30. The van der Waals surface area contributed by atoms with Gasteiger partial charge >= 0.3 is 0 Å². The van der Waals surface area contributed by atoms with Gasteiger partial charge in [-0.2, -0.15) is 5.26 Å². The largest absolute Gasteiger partial charge is 0.271 e. The van der Waals surface area contributed by atoms with Crippen molar-refractivity contribution < 1.29 is 0 Å². The molecule has 1 aromatic heterocycles. The zero-order valence-electron chi connectivity index (χ0n) is 9.61. The Morgan fingerprint density at radius 1 is 1.44 bits per heavy atom. The van der Waals surface area contributed by atoms with Gasteiger partial charge in [-0.1, -0.05) is 17.0 Å². The minimum atomic E-state index is 0.561. The molecule has 1 aromatic carbocycles. The summed E-state index contributed by atoms with van der Waals surface area (Å²) in [7, 11) is 0. The molecule has 0 aliphatic rings. The van der Waals surface area contributed by atoms with E-state index in [2.05, 4.69) is 20.6 Å². The van der Waals surface area contributed by atoms with Crippen molar-refractivity contribution in [3.8, 4) is 11.9 Å². The van der Waals surface area contributed by atoms with Crippen molar-refractivity contribution in [2.24, 2.45) is 4.99 Å². The number of nitrogens with zero attached hydrogens (tertiary/aromatic N) is 5. The summed E-state index contributed by atoms with van der Waals surface area (Å²) in [4.78, 5) is 4.29. The van der Waals surface area contributed by atoms with Crippen molar-refractivity contribution in [3.63, 3.8) is 0 Å². The van der Waals surface area contributed by atoms with Crippen molar-refractivity contribution in [2.75, 3.05) is 6.26 Å². The molecule has 0 saturated heterocycles. The number of hydrogen-bond acceptors (Lipinski definition) is 5. The molecule has 7 heteroatoms. The van der Waals surface area contributed by atoms with E-state index in [1.54, 1.807) is 17.1 Å². The van der Waals surface area contributed by atoms with Gasteiger partial charge in [0.05, 0.1) is 23.8 Å². The zero-order valence-corrected chi connectivity index (χ0v) is 10.4. The molecule has 0 bridgehead atoms. The Morgan fingerprint density at radius 3 is 2.78 bits per heavy atom. The molecule has 0 radical (unpaired) electrons. The van der Waals surface area contributed by atoms with E-state index in [0.717, 1.165) is 11.4 Å². The summed E-state index contributed by atoms with van der Waals surface area (Å²) in [5, 5.41) is 19.3. The number of amidine groups is 1. The molecule has 0 aliphatic heterocycles. The molecule has 0 unspecified atom stereocenters. The highest BCUT2D eigenvalue weighted by molar-refractivity contribution is 8.13. The zero-order chi connectivity index (χ0) is 12.8. The van der Waals surface area contributed by atoms with Crippen LogP contribution < -0.4 is 5.32 Å². The predicted octanol–water partition coefficient (Wildman–Crippen LogP) is 1.69. The summed E-state index contributed by atoms with van der Waals surface area (Å²) >= 11 is 1.38. The Hall–Kier alpha value is -2.33. The van der Waals surface area contributed by atoms with E-state index in [4.69, 9.17) is 5.26 Å². The number of aliphatic imine (C=N–C) groups is 1. The second-order valence-corrected chi connectivity index (χ2v) is 4.02. The molecule has 0 atom stereocenters. The van der Waals surface area contributed by atoms with Gasteiger partial charge in [0.2, 0.25) is 0 Å². The maximum absolute atomic E-state index is 8.54. The lowest BCUT2D eigenvalue weighted by Gasteiger charge is -2.02. The molecule has 1 heterocycles. The van der Waals surface area contributed by atoms with Crippen LogP contribution in [0.15, 0.2) is 41.7 Å². The van der Waals surface area contributed by atoms with Gasteiger partial charge in [0.25, 0.3) is 0 Å². The highest BCUT2D eigenvalue weighted by atomic mass is 32.2. The highest BCUT2D eigenvalue weighted by Gasteiger charge is 1.99. The van der Waals surface area contributed by atoms with Gasteiger partial charge < -0.3 is 0 Å². The van der Waals surface area contributed by atoms with Crippen molar-refractivity contribution in [1.82, 2.24) is 20.3 Å². The number of thioether (sulfide) groups is 1. The average molecular weight is 258 g/mol. The Kier molecular flexibility index (Phi) is 3.94. The van der Waals surface area contributed by atoms with Gasteiger partial charge in [-0.3, -0.25) is 5.32 Å². The van der Waals surface area contributed by atoms with Crippen molar-refractivity contribution in [2.45, 2.75) is 0 Å². The van der Waals surface area contributed by atoms with E-state index in [9.17, 15) is 0 Å². The summed E-state index contributed by atoms with van der Waals surface area (Å²) in [5.74, 6) is 0. The minimum absolute atomic E-state index is 0.561. The van der Waals surface area contributed by atoms with Crippen LogP contribution in [0.25, 0.3) is 5.69 Å². The van der Waals surface area contributed by atoms with Crippen molar-refractivity contribution >= 4 is 22.6 Å². The van der Waals surface area contributed by atoms with Gasteiger partial charge in [0.15, 0.2) is 11.4 Å². The molecule has 0 fully saturated rings. The monoisotopic (exact) mass is 258 g/mol. The summed E-state index contributed by atoms with van der Waals surface area (Å²) in [6.45, 7) is 0. The maximum Gasteiger partial charge on any atom is 0.183 e. The fourth-order valence-corrected chi connectivity index (χ4v) is 1.66. The molecule has 0 amide bonds. The number of benzene rings is 1. The third-order valence-corrected chi connectivity index (χ3v) is 2.70. The minimum Gasteiger partial charge on any atom is -0.271 e. The second-order valence-electron chi connectivity index (χ2n) is 3.22. The quantitative estimate of drug-likeness (QED) is 0.384. The number of nitriles is 1. The molecule has 0 spiro atoms. The third kappa shape index (κ3) is 2.87. The van der Waals surface area contributed by atoms with Crippen LogP contribution in [-0.4, -0.2) is 26.4 Å². The molecule has 0 aliphatic carbocycles. The first-order valence-electron chi connectivity index (χ1n) is 5.08. The smallest absolute Gasteiger partial charge is 0.183 e. The standard InChI is InChI=1S/C11H10N6S/c1-18-11(13-8-12)15-9-2-4-10(5-3-9)17-7-6-14-16-17/h2-7H,1H3,(H,13,15). The molecular formula is C11H10N6S. The molecule has 18 heavy (non-hydrogen) atoms. The number of aromatic nitrogens is 3. The number of nitrogens with one attached hydrogen (secondary N) is 1. The summed E-state index contributed by atoms with van der Waals surface area (Å²) in [6.07, 6.45) is 7.09. The predicted molar refractivity (Wildman–Crippen MR) is 70.7 cm³/mol. The van der Waals surface area contributed by atoms with Crippen molar-refractivity contribution in [1.29, 1.82) is 5.26 Å². The van der Waals surface area contributed by atoms with Gasteiger partial charge in [-0.15, -0.1) is 5.10 Å². The first-order chi connectivity index (χ1) is 8.83. The molecule has 0 saturated carbocycles. The molecule has 90 valence electrons. The Bertz CT molecular complexity index is 567. The highest BCUT2D eigenvalue weighted by Crippen LogP contribution is 2.16. The van der Waals surface area contributed by atoms with Crippen LogP contribution in [0.4, 0.5) is 5.69 Å². The van der Waals surface area contributed by atoms with Crippen LogP contribution in [0.5, 0.6) is 0 Å². The van der Waals surface area contributed by atoms with Crippen LogP contribution in [0.2, 0.25) is 0 Å². The Morgan fingerprint density at radius 2 is 2.22 bits per heavy atom. The lowest BCUT2D eigenvalue weighted by atomic mass is 10.3. The lowest BCUT2D eigenvalue weighted by molar-refractivity contribution is 0.803. The van der Waals surface area contributed by atoms with Crippen LogP contribution >= 0.6 is 11.8 Å². The van der Waals surface area contributed by atoms with E-state index in [1.165, 1.54) is 11.8 Å². The molecule has 2 rings (SSSR count). The fourth-order valence-electron chi connectivity index (χ4n) is 1.32. The topological polar surface area (TPSA) is 78.9 Å². The summed E-state index contributed by atoms with van der Waals surface area (Å²) in [6, 6.07) is 7.48. The fraction of sp³-hybridized carbons (Fsp3) is 0.0909. The van der Waals surface area contributed by atoms with E-state index < -0.39 is 0 Å². The maximum atomic E-state index is 8.54. The second kappa shape index (κ2) is 5.84. The van der Waals surface area contributed by atoms with Crippen LogP contribution in [-0.2, 0) is 0 Å². The Balaban J connectivity index is 2.20. The summed E-state index contributed by atoms with van der Waals surface area (Å²) in [5.41, 5.74) is 1.68. The lowest BCUT2D eigenvalue weighted by Crippen LogP contribution is -2.12. The van der Waals surface area contributed by atoms with E-state index in [1.807, 2.05) is 36.7 Å². The molecule has 6 nitrogen and oxygen atoms in total. The normalized spacial score (nSPS) is 11.0. The van der Waals surface area contributed by atoms with Gasteiger partial charge in [0.1, 0.15) is 0 Å². The van der Waals surface area contributed by atoms with E-state index in [-0.39, 0.29) is 0 Å². The van der Waals surface area contributed by atoms with Gasteiger partial charge in [-0.25, -0.2) is 9.67 Å². The van der Waals surface area contributed by atoms with Gasteiger partial charge in [-0.05, 0) is 30.5 Å². The molecule has 1 N–H and O–H groups in total. The molecular weight excluding hydrogens is 248 g/mol. The van der Waals surface area contributed by atoms with Crippen molar-refractivity contribution in [3.05, 3.63) is 36.7 Å². The summed E-state index contributed by atoms with van der Waals surface area (Å²) < 4.78 is 1.66. The number of rotatable bonds is 2. The van der Waals surface area contributed by atoms with Crippen LogP contribution in [0, 0.1) is 11.5 Å². The Labute approximate surface area is 108 Å². The van der Waals surface area contributed by atoms with Crippen LogP contribution in [0.3, 0.4) is 0 Å². The average Bonchev–Trinajstić information content (AvgIpc) is 2.93. The van der Waals surface area contributed by atoms with Crippen LogP contribution in [0.1, 0.15) is 0 Å². The molecule has 2 aromatic rings. The third-order valence-electron chi connectivity index (χ3n) is 2.12. The van der Waals surface area contributed by atoms with Gasteiger partial charge in [0, 0.05) is 0 Å². The number of hydrogen-bond donors (Lipinski definition) is 1. The van der Waals surface area contributed by atoms with E-state index in [0.29, 0.717) is 5.17 Å². The van der Waals surface area contributed by atoms with E-state index >= 15 is 0 Å². The first kappa shape index (κ1) is 12.1.